The third kappa shape index (κ3) is 3.11. The minimum absolute atomic E-state index is 0.159. The zero-order chi connectivity index (χ0) is 12.3. The van der Waals surface area contributed by atoms with Crippen LogP contribution in [-0.4, -0.2) is 5.78 Å². The summed E-state index contributed by atoms with van der Waals surface area (Å²) in [6.07, 6.45) is 4.79. The zero-order valence-corrected chi connectivity index (χ0v) is 9.72. The molecule has 3 heteroatoms. The number of benzene rings is 1. The molecule has 0 N–H and O–H groups in total. The first-order valence-corrected chi connectivity index (χ1v) is 6.13. The Morgan fingerprint density at radius 1 is 1.24 bits per heavy atom. The van der Waals surface area contributed by atoms with Gasteiger partial charge in [-0.15, -0.1) is 0 Å². The predicted molar refractivity (Wildman–Crippen MR) is 61.6 cm³/mol. The standard InChI is InChI=1S/C14H16F2O/c15-12-6-7-13(16)11(9-12)5-8-14(17)10-3-1-2-4-10/h6-7,9-10H,1-5,8H2. The molecule has 0 aliphatic heterocycles. The van der Waals surface area contributed by atoms with Gasteiger partial charge >= 0.3 is 0 Å². The van der Waals surface area contributed by atoms with Crippen LogP contribution in [0.4, 0.5) is 8.78 Å². The normalized spacial score (nSPS) is 16.4. The maximum atomic E-state index is 13.3. The molecule has 0 atom stereocenters. The summed E-state index contributed by atoms with van der Waals surface area (Å²) >= 11 is 0. The van der Waals surface area contributed by atoms with Crippen LogP contribution in [0, 0.1) is 17.6 Å². The van der Waals surface area contributed by atoms with Crippen molar-refractivity contribution in [1.29, 1.82) is 0 Å². The van der Waals surface area contributed by atoms with Gasteiger partial charge in [-0.1, -0.05) is 12.8 Å². The summed E-state index contributed by atoms with van der Waals surface area (Å²) in [6, 6.07) is 3.39. The van der Waals surface area contributed by atoms with E-state index in [0.717, 1.165) is 37.8 Å². The number of Topliss-reactive ketones (excluding diaryl/α,β-unsaturated/α-hetero) is 1. The van der Waals surface area contributed by atoms with Gasteiger partial charge < -0.3 is 0 Å². The molecule has 1 aromatic carbocycles. The molecule has 17 heavy (non-hydrogen) atoms. The Morgan fingerprint density at radius 3 is 2.65 bits per heavy atom. The number of aryl methyl sites for hydroxylation is 1. The summed E-state index contributed by atoms with van der Waals surface area (Å²) in [5, 5.41) is 0. The van der Waals surface area contributed by atoms with E-state index in [-0.39, 0.29) is 11.7 Å². The van der Waals surface area contributed by atoms with Gasteiger partial charge in [-0.3, -0.25) is 4.79 Å². The topological polar surface area (TPSA) is 17.1 Å². The molecular weight excluding hydrogens is 222 g/mol. The second-order valence-electron chi connectivity index (χ2n) is 4.68. The lowest BCUT2D eigenvalue weighted by molar-refractivity contribution is -0.122. The third-order valence-electron chi connectivity index (χ3n) is 3.46. The monoisotopic (exact) mass is 238 g/mol. The zero-order valence-electron chi connectivity index (χ0n) is 9.72. The highest BCUT2D eigenvalue weighted by Gasteiger charge is 2.22. The Bertz CT molecular complexity index is 409. The molecule has 1 saturated carbocycles. The Kier molecular flexibility index (Phi) is 3.87. The first-order valence-electron chi connectivity index (χ1n) is 6.13. The van der Waals surface area contributed by atoms with Crippen LogP contribution in [0.5, 0.6) is 0 Å². The number of hydrogen-bond acceptors (Lipinski definition) is 1. The number of carbonyl (C=O) groups is 1. The van der Waals surface area contributed by atoms with Crippen LogP contribution in [-0.2, 0) is 11.2 Å². The summed E-state index contributed by atoms with van der Waals surface area (Å²) in [7, 11) is 0. The Balaban J connectivity index is 1.92. The van der Waals surface area contributed by atoms with E-state index < -0.39 is 11.6 Å². The van der Waals surface area contributed by atoms with Crippen LogP contribution < -0.4 is 0 Å². The largest absolute Gasteiger partial charge is 0.299 e. The van der Waals surface area contributed by atoms with Crippen molar-refractivity contribution in [3.05, 3.63) is 35.4 Å². The lowest BCUT2D eigenvalue weighted by Gasteiger charge is -2.08. The molecule has 1 fully saturated rings. The van der Waals surface area contributed by atoms with E-state index in [1.54, 1.807) is 0 Å². The highest BCUT2D eigenvalue weighted by atomic mass is 19.1. The minimum atomic E-state index is -0.449. The Labute approximate surface area is 99.8 Å². The maximum Gasteiger partial charge on any atom is 0.136 e. The van der Waals surface area contributed by atoms with Crippen molar-refractivity contribution in [3.8, 4) is 0 Å². The van der Waals surface area contributed by atoms with Gasteiger partial charge in [-0.25, -0.2) is 8.78 Å². The first kappa shape index (κ1) is 12.2. The smallest absolute Gasteiger partial charge is 0.136 e. The van der Waals surface area contributed by atoms with Crippen LogP contribution in [0.3, 0.4) is 0 Å². The van der Waals surface area contributed by atoms with Gasteiger partial charge in [0.25, 0.3) is 0 Å². The van der Waals surface area contributed by atoms with Crippen molar-refractivity contribution < 1.29 is 13.6 Å². The van der Waals surface area contributed by atoms with Crippen molar-refractivity contribution in [2.24, 2.45) is 5.92 Å². The molecule has 0 radical (unpaired) electrons. The summed E-state index contributed by atoms with van der Waals surface area (Å²) in [6.45, 7) is 0. The molecule has 0 aromatic heterocycles. The molecule has 0 unspecified atom stereocenters. The first-order chi connectivity index (χ1) is 8.16. The lowest BCUT2D eigenvalue weighted by atomic mass is 9.96. The van der Waals surface area contributed by atoms with E-state index >= 15 is 0 Å². The molecule has 1 nitrogen and oxygen atoms in total. The fourth-order valence-corrected chi connectivity index (χ4v) is 2.44. The second kappa shape index (κ2) is 5.39. The average Bonchev–Trinajstić information content (AvgIpc) is 2.83. The lowest BCUT2D eigenvalue weighted by Crippen LogP contribution is -2.11. The predicted octanol–water partition coefficient (Wildman–Crippen LogP) is 3.66. The quantitative estimate of drug-likeness (QED) is 0.782. The van der Waals surface area contributed by atoms with Crippen LogP contribution >= 0.6 is 0 Å². The molecule has 1 aliphatic rings. The molecule has 92 valence electrons. The van der Waals surface area contributed by atoms with Gasteiger partial charge in [-0.2, -0.15) is 0 Å². The van der Waals surface area contributed by atoms with E-state index in [4.69, 9.17) is 0 Å². The number of hydrogen-bond donors (Lipinski definition) is 0. The molecule has 1 aromatic rings. The van der Waals surface area contributed by atoms with E-state index in [1.807, 2.05) is 0 Å². The van der Waals surface area contributed by atoms with Crippen LogP contribution in [0.2, 0.25) is 0 Å². The average molecular weight is 238 g/mol. The molecular formula is C14H16F2O. The summed E-state index contributed by atoms with van der Waals surface area (Å²) in [5.74, 6) is -0.516. The van der Waals surface area contributed by atoms with E-state index in [0.29, 0.717) is 18.4 Å². The van der Waals surface area contributed by atoms with E-state index in [2.05, 4.69) is 0 Å². The van der Waals surface area contributed by atoms with Crippen molar-refractivity contribution >= 4 is 5.78 Å². The van der Waals surface area contributed by atoms with Gasteiger partial charge in [0.15, 0.2) is 0 Å². The van der Waals surface area contributed by atoms with Gasteiger partial charge in [0, 0.05) is 12.3 Å². The second-order valence-corrected chi connectivity index (χ2v) is 4.68. The Hall–Kier alpha value is -1.25. The van der Waals surface area contributed by atoms with Gasteiger partial charge in [-0.05, 0) is 43.0 Å². The molecule has 0 bridgehead atoms. The summed E-state index contributed by atoms with van der Waals surface area (Å²) in [5.41, 5.74) is 0.302. The SMILES string of the molecule is O=C(CCc1cc(F)ccc1F)C1CCCC1. The van der Waals surface area contributed by atoms with Crippen LogP contribution in [0.15, 0.2) is 18.2 Å². The van der Waals surface area contributed by atoms with Gasteiger partial charge in [0.2, 0.25) is 0 Å². The molecule has 0 heterocycles. The van der Waals surface area contributed by atoms with E-state index in [1.165, 1.54) is 6.07 Å². The Morgan fingerprint density at radius 2 is 1.94 bits per heavy atom. The molecule has 0 spiro atoms. The van der Waals surface area contributed by atoms with Crippen LogP contribution in [0.25, 0.3) is 0 Å². The van der Waals surface area contributed by atoms with Gasteiger partial charge in [0.05, 0.1) is 0 Å². The van der Waals surface area contributed by atoms with Crippen molar-refractivity contribution in [2.75, 3.05) is 0 Å². The van der Waals surface area contributed by atoms with E-state index in [9.17, 15) is 13.6 Å². The third-order valence-corrected chi connectivity index (χ3v) is 3.46. The number of ketones is 1. The van der Waals surface area contributed by atoms with Crippen molar-refractivity contribution in [2.45, 2.75) is 38.5 Å². The molecule has 1 aliphatic carbocycles. The number of carbonyl (C=O) groups excluding carboxylic acids is 1. The minimum Gasteiger partial charge on any atom is -0.299 e. The summed E-state index contributed by atoms with van der Waals surface area (Å²) < 4.78 is 26.2. The van der Waals surface area contributed by atoms with Gasteiger partial charge in [0.1, 0.15) is 17.4 Å². The molecule has 2 rings (SSSR count). The van der Waals surface area contributed by atoms with Crippen molar-refractivity contribution in [3.63, 3.8) is 0 Å². The summed E-state index contributed by atoms with van der Waals surface area (Å²) in [4.78, 5) is 11.8. The van der Waals surface area contributed by atoms with Crippen LogP contribution in [0.1, 0.15) is 37.7 Å². The number of rotatable bonds is 4. The highest BCUT2D eigenvalue weighted by molar-refractivity contribution is 5.81. The van der Waals surface area contributed by atoms with Crippen molar-refractivity contribution in [1.82, 2.24) is 0 Å². The fourth-order valence-electron chi connectivity index (χ4n) is 2.44. The highest BCUT2D eigenvalue weighted by Crippen LogP contribution is 2.27. The molecule has 0 amide bonds. The number of halogens is 2. The molecule has 0 saturated heterocycles. The maximum absolute atomic E-state index is 13.3. The fraction of sp³-hybridized carbons (Fsp3) is 0.500.